The Labute approximate surface area is 119 Å². The topological polar surface area (TPSA) is 68.3 Å². The molecule has 0 bridgehead atoms. The van der Waals surface area contributed by atoms with E-state index in [1.165, 1.54) is 0 Å². The van der Waals surface area contributed by atoms with Crippen molar-refractivity contribution in [1.82, 2.24) is 0 Å². The SMILES string of the molecule is COc1ccc(N)c(Oc2cccc(Br)c2C#N)c1. The summed E-state index contributed by atoms with van der Waals surface area (Å²) in [7, 11) is 1.56. The molecule has 2 aromatic carbocycles. The zero-order chi connectivity index (χ0) is 13.8. The third-order valence-electron chi connectivity index (χ3n) is 2.53. The molecule has 5 heteroatoms. The number of nitrogens with zero attached hydrogens (tertiary/aromatic N) is 1. The van der Waals surface area contributed by atoms with E-state index in [0.29, 0.717) is 33.0 Å². The van der Waals surface area contributed by atoms with E-state index in [2.05, 4.69) is 22.0 Å². The Kier molecular flexibility index (Phi) is 3.93. The maximum Gasteiger partial charge on any atom is 0.154 e. The number of benzene rings is 2. The second-order valence-electron chi connectivity index (χ2n) is 3.73. The van der Waals surface area contributed by atoms with Gasteiger partial charge in [0.15, 0.2) is 5.75 Å². The van der Waals surface area contributed by atoms with E-state index in [-0.39, 0.29) is 0 Å². The molecule has 0 fully saturated rings. The molecule has 0 saturated carbocycles. The molecule has 2 rings (SSSR count). The summed E-state index contributed by atoms with van der Waals surface area (Å²) in [5, 5.41) is 9.13. The molecule has 0 spiro atoms. The highest BCUT2D eigenvalue weighted by Crippen LogP contribution is 2.34. The first-order valence-corrected chi connectivity index (χ1v) is 6.25. The highest BCUT2D eigenvalue weighted by Gasteiger charge is 2.10. The lowest BCUT2D eigenvalue weighted by Gasteiger charge is -2.11. The van der Waals surface area contributed by atoms with Gasteiger partial charge < -0.3 is 15.2 Å². The van der Waals surface area contributed by atoms with E-state index in [4.69, 9.17) is 20.5 Å². The predicted molar refractivity (Wildman–Crippen MR) is 76.3 cm³/mol. The van der Waals surface area contributed by atoms with Crippen molar-refractivity contribution < 1.29 is 9.47 Å². The zero-order valence-electron chi connectivity index (χ0n) is 10.2. The molecule has 0 saturated heterocycles. The largest absolute Gasteiger partial charge is 0.497 e. The summed E-state index contributed by atoms with van der Waals surface area (Å²) in [6, 6.07) is 12.5. The quantitative estimate of drug-likeness (QED) is 0.876. The molecular weight excluding hydrogens is 308 g/mol. The van der Waals surface area contributed by atoms with Gasteiger partial charge in [0.2, 0.25) is 0 Å². The lowest BCUT2D eigenvalue weighted by molar-refractivity contribution is 0.409. The molecule has 0 heterocycles. The van der Waals surface area contributed by atoms with Gasteiger partial charge in [-0.25, -0.2) is 0 Å². The molecule has 0 aliphatic rings. The monoisotopic (exact) mass is 318 g/mol. The Morgan fingerprint density at radius 2 is 2.00 bits per heavy atom. The maximum atomic E-state index is 9.13. The van der Waals surface area contributed by atoms with Crippen molar-refractivity contribution in [2.24, 2.45) is 0 Å². The average Bonchev–Trinajstić information content (AvgIpc) is 2.41. The Balaban J connectivity index is 2.42. The zero-order valence-corrected chi connectivity index (χ0v) is 11.8. The highest BCUT2D eigenvalue weighted by atomic mass is 79.9. The molecule has 2 N–H and O–H groups in total. The lowest BCUT2D eigenvalue weighted by Crippen LogP contribution is -1.95. The van der Waals surface area contributed by atoms with Gasteiger partial charge in [-0.2, -0.15) is 5.26 Å². The summed E-state index contributed by atoms with van der Waals surface area (Å²) in [6.45, 7) is 0. The van der Waals surface area contributed by atoms with Gasteiger partial charge >= 0.3 is 0 Å². The van der Waals surface area contributed by atoms with Crippen LogP contribution in [0, 0.1) is 11.3 Å². The minimum Gasteiger partial charge on any atom is -0.497 e. The fraction of sp³-hybridized carbons (Fsp3) is 0.0714. The van der Waals surface area contributed by atoms with Crippen LogP contribution in [0.5, 0.6) is 17.2 Å². The van der Waals surface area contributed by atoms with Crippen LogP contribution in [0.25, 0.3) is 0 Å². The van der Waals surface area contributed by atoms with E-state index in [0.717, 1.165) is 0 Å². The minimum atomic E-state index is 0.421. The Morgan fingerprint density at radius 1 is 1.21 bits per heavy atom. The maximum absolute atomic E-state index is 9.13. The molecule has 0 aliphatic heterocycles. The van der Waals surface area contributed by atoms with Gasteiger partial charge in [0.1, 0.15) is 23.1 Å². The first-order valence-electron chi connectivity index (χ1n) is 5.45. The molecular formula is C14H11BrN2O2. The molecule has 19 heavy (non-hydrogen) atoms. The summed E-state index contributed by atoms with van der Waals surface area (Å²) in [5.41, 5.74) is 6.74. The number of rotatable bonds is 3. The van der Waals surface area contributed by atoms with Crippen LogP contribution in [-0.2, 0) is 0 Å². The second kappa shape index (κ2) is 5.63. The first-order chi connectivity index (χ1) is 9.15. The molecule has 2 aromatic rings. The number of hydrogen-bond donors (Lipinski definition) is 1. The van der Waals surface area contributed by atoms with Crippen molar-refractivity contribution in [1.29, 1.82) is 5.26 Å². The number of nitrogen functional groups attached to an aromatic ring is 1. The predicted octanol–water partition coefficient (Wildman–Crippen LogP) is 3.70. The number of halogens is 1. The van der Waals surface area contributed by atoms with Gasteiger partial charge in [-0.05, 0) is 40.2 Å². The van der Waals surface area contributed by atoms with Crippen LogP contribution >= 0.6 is 15.9 Å². The third-order valence-corrected chi connectivity index (χ3v) is 3.19. The first kappa shape index (κ1) is 13.2. The van der Waals surface area contributed by atoms with Crippen LogP contribution in [0.2, 0.25) is 0 Å². The highest BCUT2D eigenvalue weighted by molar-refractivity contribution is 9.10. The van der Waals surface area contributed by atoms with Gasteiger partial charge in [-0.1, -0.05) is 6.07 Å². The normalized spacial score (nSPS) is 9.74. The van der Waals surface area contributed by atoms with Crippen molar-refractivity contribution in [3.63, 3.8) is 0 Å². The van der Waals surface area contributed by atoms with Crippen molar-refractivity contribution in [3.8, 4) is 23.3 Å². The summed E-state index contributed by atoms with van der Waals surface area (Å²) in [6.07, 6.45) is 0. The van der Waals surface area contributed by atoms with Gasteiger partial charge in [0.25, 0.3) is 0 Å². The van der Waals surface area contributed by atoms with Crippen LogP contribution in [0.15, 0.2) is 40.9 Å². The van der Waals surface area contributed by atoms with Gasteiger partial charge in [0.05, 0.1) is 12.8 Å². The van der Waals surface area contributed by atoms with Gasteiger partial charge in [-0.3, -0.25) is 0 Å². The van der Waals surface area contributed by atoms with Crippen molar-refractivity contribution in [2.45, 2.75) is 0 Å². The lowest BCUT2D eigenvalue weighted by atomic mass is 10.2. The van der Waals surface area contributed by atoms with Crippen molar-refractivity contribution in [2.75, 3.05) is 12.8 Å². The summed E-state index contributed by atoms with van der Waals surface area (Å²) in [5.74, 6) is 1.53. The average molecular weight is 319 g/mol. The molecule has 4 nitrogen and oxygen atoms in total. The number of ether oxygens (including phenoxy) is 2. The van der Waals surface area contributed by atoms with Crippen LogP contribution in [0.1, 0.15) is 5.56 Å². The molecule has 0 amide bonds. The molecule has 0 unspecified atom stereocenters. The minimum absolute atomic E-state index is 0.421. The van der Waals surface area contributed by atoms with Gasteiger partial charge in [0, 0.05) is 10.5 Å². The smallest absolute Gasteiger partial charge is 0.154 e. The molecule has 96 valence electrons. The van der Waals surface area contributed by atoms with E-state index in [9.17, 15) is 0 Å². The number of nitriles is 1. The fourth-order valence-electron chi connectivity index (χ4n) is 1.55. The molecule has 0 aromatic heterocycles. The number of hydrogen-bond acceptors (Lipinski definition) is 4. The standard InChI is InChI=1S/C14H11BrN2O2/c1-18-9-5-6-12(17)14(7-9)19-13-4-2-3-11(15)10(13)8-16/h2-7H,17H2,1H3. The Hall–Kier alpha value is -2.19. The molecule has 0 radical (unpaired) electrons. The van der Waals surface area contributed by atoms with E-state index < -0.39 is 0 Å². The number of anilines is 1. The summed E-state index contributed by atoms with van der Waals surface area (Å²) in [4.78, 5) is 0. The summed E-state index contributed by atoms with van der Waals surface area (Å²) < 4.78 is 11.5. The van der Waals surface area contributed by atoms with Crippen molar-refractivity contribution >= 4 is 21.6 Å². The van der Waals surface area contributed by atoms with Gasteiger partial charge in [-0.15, -0.1) is 0 Å². The van der Waals surface area contributed by atoms with E-state index in [1.54, 1.807) is 43.5 Å². The molecule has 0 atom stereocenters. The Bertz CT molecular complexity index is 650. The van der Waals surface area contributed by atoms with Crippen LogP contribution < -0.4 is 15.2 Å². The van der Waals surface area contributed by atoms with Crippen LogP contribution in [0.3, 0.4) is 0 Å². The van der Waals surface area contributed by atoms with Crippen molar-refractivity contribution in [3.05, 3.63) is 46.4 Å². The summed E-state index contributed by atoms with van der Waals surface area (Å²) >= 11 is 3.31. The van der Waals surface area contributed by atoms with E-state index in [1.807, 2.05) is 0 Å². The second-order valence-corrected chi connectivity index (χ2v) is 4.58. The van der Waals surface area contributed by atoms with Crippen LogP contribution in [-0.4, -0.2) is 7.11 Å². The van der Waals surface area contributed by atoms with Crippen LogP contribution in [0.4, 0.5) is 5.69 Å². The fourth-order valence-corrected chi connectivity index (χ4v) is 1.98. The third kappa shape index (κ3) is 2.80. The Morgan fingerprint density at radius 3 is 2.68 bits per heavy atom. The molecule has 0 aliphatic carbocycles. The number of methoxy groups -OCH3 is 1. The number of nitrogens with two attached hydrogens (primary N) is 1. The van der Waals surface area contributed by atoms with E-state index >= 15 is 0 Å².